The highest BCUT2D eigenvalue weighted by Gasteiger charge is 2.18. The van der Waals surface area contributed by atoms with Crippen LogP contribution in [0.3, 0.4) is 0 Å². The number of benzene rings is 1. The van der Waals surface area contributed by atoms with Crippen LogP contribution >= 0.6 is 0 Å². The number of hydrogen-bond acceptors (Lipinski definition) is 5. The summed E-state index contributed by atoms with van der Waals surface area (Å²) >= 11 is 0. The van der Waals surface area contributed by atoms with E-state index in [2.05, 4.69) is 36.2 Å². The van der Waals surface area contributed by atoms with Crippen molar-refractivity contribution in [1.29, 1.82) is 0 Å². The molecule has 0 radical (unpaired) electrons. The van der Waals surface area contributed by atoms with Crippen LogP contribution in [0.2, 0.25) is 0 Å². The van der Waals surface area contributed by atoms with Gasteiger partial charge in [0.25, 0.3) is 0 Å². The van der Waals surface area contributed by atoms with Crippen LogP contribution in [0.15, 0.2) is 36.5 Å². The van der Waals surface area contributed by atoms with E-state index in [0.29, 0.717) is 13.3 Å². The van der Waals surface area contributed by atoms with Crippen LogP contribution in [-0.2, 0) is 12.0 Å². The van der Waals surface area contributed by atoms with E-state index < -0.39 is 0 Å². The summed E-state index contributed by atoms with van der Waals surface area (Å²) in [5, 5.41) is 7.92. The SMILES string of the molecule is CC(C)(C)c1cc2nc(NCc3ccc4c(c3)OCO4)ccn2n1. The Kier molecular flexibility index (Phi) is 3.33. The molecule has 0 atom stereocenters. The van der Waals surface area contributed by atoms with Gasteiger partial charge in [-0.1, -0.05) is 26.8 Å². The highest BCUT2D eigenvalue weighted by Crippen LogP contribution is 2.32. The molecule has 0 aliphatic carbocycles. The summed E-state index contributed by atoms with van der Waals surface area (Å²) < 4.78 is 12.5. The average Bonchev–Trinajstić information content (AvgIpc) is 3.17. The first-order valence-electron chi connectivity index (χ1n) is 7.98. The molecule has 0 bridgehead atoms. The maximum atomic E-state index is 5.41. The molecule has 4 rings (SSSR count). The minimum atomic E-state index is 0.00772. The van der Waals surface area contributed by atoms with Crippen LogP contribution in [0.1, 0.15) is 32.0 Å². The van der Waals surface area contributed by atoms with Crippen molar-refractivity contribution in [3.8, 4) is 11.5 Å². The number of ether oxygens (including phenoxy) is 2. The lowest BCUT2D eigenvalue weighted by Crippen LogP contribution is -2.11. The van der Waals surface area contributed by atoms with Crippen molar-refractivity contribution in [2.24, 2.45) is 0 Å². The summed E-state index contributed by atoms with van der Waals surface area (Å²) in [4.78, 5) is 4.63. The van der Waals surface area contributed by atoms with Gasteiger partial charge in [0.15, 0.2) is 17.1 Å². The maximum absolute atomic E-state index is 5.41. The molecule has 124 valence electrons. The molecule has 2 aromatic heterocycles. The van der Waals surface area contributed by atoms with Gasteiger partial charge >= 0.3 is 0 Å². The molecule has 3 heterocycles. The fraction of sp³-hybridized carbons (Fsp3) is 0.333. The molecule has 0 amide bonds. The maximum Gasteiger partial charge on any atom is 0.231 e. The van der Waals surface area contributed by atoms with Gasteiger partial charge in [0, 0.05) is 24.2 Å². The van der Waals surface area contributed by atoms with E-state index >= 15 is 0 Å². The zero-order chi connectivity index (χ0) is 16.7. The van der Waals surface area contributed by atoms with Gasteiger partial charge in [-0.2, -0.15) is 5.10 Å². The lowest BCUT2D eigenvalue weighted by atomic mass is 9.93. The molecule has 0 saturated carbocycles. The third-order valence-corrected chi connectivity index (χ3v) is 4.00. The lowest BCUT2D eigenvalue weighted by molar-refractivity contribution is 0.174. The minimum Gasteiger partial charge on any atom is -0.454 e. The van der Waals surface area contributed by atoms with Crippen molar-refractivity contribution in [3.05, 3.63) is 47.8 Å². The van der Waals surface area contributed by atoms with Crippen LogP contribution in [0.25, 0.3) is 5.65 Å². The Labute approximate surface area is 140 Å². The van der Waals surface area contributed by atoms with Crippen molar-refractivity contribution < 1.29 is 9.47 Å². The second kappa shape index (κ2) is 5.40. The van der Waals surface area contributed by atoms with Crippen molar-refractivity contribution >= 4 is 11.5 Å². The van der Waals surface area contributed by atoms with E-state index in [9.17, 15) is 0 Å². The van der Waals surface area contributed by atoms with Gasteiger partial charge in [0.2, 0.25) is 6.79 Å². The zero-order valence-corrected chi connectivity index (χ0v) is 14.0. The van der Waals surface area contributed by atoms with Gasteiger partial charge in [-0.15, -0.1) is 0 Å². The zero-order valence-electron chi connectivity index (χ0n) is 14.0. The number of hydrogen-bond donors (Lipinski definition) is 1. The van der Waals surface area contributed by atoms with Crippen molar-refractivity contribution in [2.45, 2.75) is 32.7 Å². The van der Waals surface area contributed by atoms with Crippen molar-refractivity contribution in [1.82, 2.24) is 14.6 Å². The normalized spacial score (nSPS) is 13.5. The molecule has 0 unspecified atom stereocenters. The van der Waals surface area contributed by atoms with E-state index in [1.165, 1.54) is 0 Å². The molecule has 0 spiro atoms. The monoisotopic (exact) mass is 324 g/mol. The molecule has 3 aromatic rings. The topological polar surface area (TPSA) is 60.7 Å². The fourth-order valence-electron chi connectivity index (χ4n) is 2.59. The Balaban J connectivity index is 1.52. The standard InChI is InChI=1S/C18H20N4O2/c1-18(2,3)15-9-17-20-16(6-7-22(17)21-15)19-10-12-4-5-13-14(8-12)24-11-23-13/h4-9H,10-11H2,1-3H3,(H,19,20). The Bertz CT molecular complexity index is 896. The average molecular weight is 324 g/mol. The van der Waals surface area contributed by atoms with E-state index in [1.807, 2.05) is 41.0 Å². The number of nitrogens with zero attached hydrogens (tertiary/aromatic N) is 3. The fourth-order valence-corrected chi connectivity index (χ4v) is 2.59. The summed E-state index contributed by atoms with van der Waals surface area (Å²) in [6.45, 7) is 7.40. The molecule has 6 nitrogen and oxygen atoms in total. The van der Waals surface area contributed by atoms with Crippen LogP contribution in [0.4, 0.5) is 5.82 Å². The van der Waals surface area contributed by atoms with Crippen molar-refractivity contribution in [2.75, 3.05) is 12.1 Å². The van der Waals surface area contributed by atoms with Gasteiger partial charge in [-0.05, 0) is 23.8 Å². The summed E-state index contributed by atoms with van der Waals surface area (Å²) in [7, 11) is 0. The summed E-state index contributed by atoms with van der Waals surface area (Å²) in [5.41, 5.74) is 3.00. The Morgan fingerprint density at radius 3 is 2.79 bits per heavy atom. The molecular weight excluding hydrogens is 304 g/mol. The number of aromatic nitrogens is 3. The third-order valence-electron chi connectivity index (χ3n) is 4.00. The Morgan fingerprint density at radius 2 is 1.96 bits per heavy atom. The second-order valence-corrected chi connectivity index (χ2v) is 6.94. The Hall–Kier alpha value is -2.76. The summed E-state index contributed by atoms with van der Waals surface area (Å²) in [6.07, 6.45) is 1.93. The van der Waals surface area contributed by atoms with E-state index in [1.54, 1.807) is 0 Å². The largest absolute Gasteiger partial charge is 0.454 e. The van der Waals surface area contributed by atoms with E-state index in [-0.39, 0.29) is 5.41 Å². The molecule has 24 heavy (non-hydrogen) atoms. The quantitative estimate of drug-likeness (QED) is 0.800. The van der Waals surface area contributed by atoms with Gasteiger partial charge in [-0.3, -0.25) is 0 Å². The first-order chi connectivity index (χ1) is 11.5. The molecule has 1 aliphatic rings. The molecule has 6 heteroatoms. The van der Waals surface area contributed by atoms with Gasteiger partial charge in [0.05, 0.1) is 5.69 Å². The van der Waals surface area contributed by atoms with Crippen LogP contribution in [0.5, 0.6) is 11.5 Å². The number of nitrogens with one attached hydrogen (secondary N) is 1. The highest BCUT2D eigenvalue weighted by atomic mass is 16.7. The van der Waals surface area contributed by atoms with Gasteiger partial charge in [-0.25, -0.2) is 9.50 Å². The van der Waals surface area contributed by atoms with Crippen LogP contribution in [-0.4, -0.2) is 21.4 Å². The molecule has 0 fully saturated rings. The van der Waals surface area contributed by atoms with Crippen LogP contribution < -0.4 is 14.8 Å². The summed E-state index contributed by atoms with van der Waals surface area (Å²) in [6, 6.07) is 9.91. The van der Waals surface area contributed by atoms with Crippen molar-refractivity contribution in [3.63, 3.8) is 0 Å². The Morgan fingerprint density at radius 1 is 1.12 bits per heavy atom. The minimum absolute atomic E-state index is 0.00772. The molecule has 1 aliphatic heterocycles. The van der Waals surface area contributed by atoms with E-state index in [4.69, 9.17) is 9.47 Å². The molecule has 1 N–H and O–H groups in total. The predicted octanol–water partition coefficient (Wildman–Crippen LogP) is 3.37. The third kappa shape index (κ3) is 2.75. The number of anilines is 1. The summed E-state index contributed by atoms with van der Waals surface area (Å²) in [5.74, 6) is 2.41. The molecule has 1 aromatic carbocycles. The lowest BCUT2D eigenvalue weighted by Gasteiger charge is -2.13. The predicted molar refractivity (Wildman–Crippen MR) is 91.6 cm³/mol. The van der Waals surface area contributed by atoms with Gasteiger partial charge < -0.3 is 14.8 Å². The smallest absolute Gasteiger partial charge is 0.231 e. The first kappa shape index (κ1) is 14.8. The number of rotatable bonds is 3. The first-order valence-corrected chi connectivity index (χ1v) is 7.98. The molecular formula is C18H20N4O2. The molecule has 0 saturated heterocycles. The number of fused-ring (bicyclic) bond motifs is 2. The highest BCUT2D eigenvalue weighted by molar-refractivity contribution is 5.49. The van der Waals surface area contributed by atoms with Crippen LogP contribution in [0, 0.1) is 0 Å². The second-order valence-electron chi connectivity index (χ2n) is 6.94. The van der Waals surface area contributed by atoms with Gasteiger partial charge in [0.1, 0.15) is 5.82 Å². The van der Waals surface area contributed by atoms with E-state index in [0.717, 1.165) is 34.2 Å².